The molecule has 1 saturated carbocycles. The van der Waals surface area contributed by atoms with Crippen molar-refractivity contribution in [2.45, 2.75) is 18.4 Å². The summed E-state index contributed by atoms with van der Waals surface area (Å²) in [7, 11) is 0. The van der Waals surface area contributed by atoms with Gasteiger partial charge < -0.3 is 10.8 Å². The number of phenolic OH excluding ortho intramolecular Hbond substituents is 1. The highest BCUT2D eigenvalue weighted by molar-refractivity contribution is 5.63. The van der Waals surface area contributed by atoms with Crippen LogP contribution in [-0.2, 0) is 0 Å². The summed E-state index contributed by atoms with van der Waals surface area (Å²) >= 11 is 0. The van der Waals surface area contributed by atoms with E-state index in [0.717, 1.165) is 12.0 Å². The number of phenols is 1. The van der Waals surface area contributed by atoms with Crippen LogP contribution in [0.1, 0.15) is 17.9 Å². The van der Waals surface area contributed by atoms with Gasteiger partial charge in [0.1, 0.15) is 5.82 Å². The summed E-state index contributed by atoms with van der Waals surface area (Å²) in [5.74, 6) is -4.79. The van der Waals surface area contributed by atoms with Gasteiger partial charge in [0, 0.05) is 24.2 Å². The highest BCUT2D eigenvalue weighted by Gasteiger charge is 2.35. The standard InChI is InChI=1S/C14H11F3N2O/c15-8-4-9(16)14(20)13(17)12(8)11-2-1-6(5-19-11)7-3-10(7)18/h1-2,4-5,7,10,20H,3,18H2. The van der Waals surface area contributed by atoms with E-state index in [-0.39, 0.29) is 17.7 Å². The average Bonchev–Trinajstić information content (AvgIpc) is 3.14. The van der Waals surface area contributed by atoms with E-state index >= 15 is 0 Å². The topological polar surface area (TPSA) is 59.1 Å². The van der Waals surface area contributed by atoms with Crippen molar-refractivity contribution in [1.82, 2.24) is 4.98 Å². The molecule has 2 unspecified atom stereocenters. The quantitative estimate of drug-likeness (QED) is 0.889. The Kier molecular flexibility index (Phi) is 2.90. The van der Waals surface area contributed by atoms with E-state index in [1.165, 1.54) is 12.3 Å². The molecule has 0 amide bonds. The first kappa shape index (κ1) is 12.9. The Morgan fingerprint density at radius 2 is 1.90 bits per heavy atom. The van der Waals surface area contributed by atoms with Gasteiger partial charge in [-0.15, -0.1) is 0 Å². The number of rotatable bonds is 2. The largest absolute Gasteiger partial charge is 0.503 e. The summed E-state index contributed by atoms with van der Waals surface area (Å²) in [5.41, 5.74) is 6.05. The number of aromatic hydroxyl groups is 1. The number of aromatic nitrogens is 1. The number of hydrogen-bond acceptors (Lipinski definition) is 3. The minimum Gasteiger partial charge on any atom is -0.503 e. The monoisotopic (exact) mass is 280 g/mol. The predicted molar refractivity (Wildman–Crippen MR) is 66.5 cm³/mol. The van der Waals surface area contributed by atoms with Crippen molar-refractivity contribution in [3.05, 3.63) is 47.4 Å². The number of nitrogens with zero attached hydrogens (tertiary/aromatic N) is 1. The van der Waals surface area contributed by atoms with Crippen LogP contribution < -0.4 is 5.73 Å². The molecular weight excluding hydrogens is 269 g/mol. The van der Waals surface area contributed by atoms with Gasteiger partial charge in [-0.05, 0) is 18.1 Å². The molecule has 104 valence electrons. The van der Waals surface area contributed by atoms with Gasteiger partial charge in [-0.2, -0.15) is 0 Å². The van der Waals surface area contributed by atoms with E-state index in [4.69, 9.17) is 5.73 Å². The molecule has 1 aliphatic carbocycles. The Balaban J connectivity index is 2.03. The van der Waals surface area contributed by atoms with Crippen LogP contribution in [-0.4, -0.2) is 16.1 Å². The van der Waals surface area contributed by atoms with Gasteiger partial charge in [-0.1, -0.05) is 6.07 Å². The fourth-order valence-corrected chi connectivity index (χ4v) is 2.19. The molecule has 1 heterocycles. The predicted octanol–water partition coefficient (Wildman–Crippen LogP) is 2.69. The first-order valence-electron chi connectivity index (χ1n) is 6.07. The van der Waals surface area contributed by atoms with Crippen molar-refractivity contribution in [2.24, 2.45) is 5.73 Å². The maximum Gasteiger partial charge on any atom is 0.188 e. The molecule has 0 aliphatic heterocycles. The number of benzene rings is 1. The molecule has 1 fully saturated rings. The Morgan fingerprint density at radius 3 is 2.45 bits per heavy atom. The first-order chi connectivity index (χ1) is 9.49. The molecule has 1 aromatic carbocycles. The molecule has 0 bridgehead atoms. The lowest BCUT2D eigenvalue weighted by Crippen LogP contribution is -2.01. The highest BCUT2D eigenvalue weighted by atomic mass is 19.1. The Bertz CT molecular complexity index is 673. The van der Waals surface area contributed by atoms with Crippen LogP contribution in [0.15, 0.2) is 24.4 Å². The van der Waals surface area contributed by atoms with Crippen molar-refractivity contribution >= 4 is 0 Å². The van der Waals surface area contributed by atoms with E-state index in [0.29, 0.717) is 6.07 Å². The molecule has 0 spiro atoms. The summed E-state index contributed by atoms with van der Waals surface area (Å²) in [5, 5.41) is 9.20. The zero-order valence-electron chi connectivity index (χ0n) is 10.3. The molecule has 6 heteroatoms. The molecule has 0 saturated heterocycles. The molecule has 20 heavy (non-hydrogen) atoms. The average molecular weight is 280 g/mol. The van der Waals surface area contributed by atoms with Gasteiger partial charge in [0.15, 0.2) is 17.4 Å². The second kappa shape index (κ2) is 4.49. The number of halogens is 3. The molecule has 3 nitrogen and oxygen atoms in total. The van der Waals surface area contributed by atoms with E-state index in [1.807, 2.05) is 0 Å². The van der Waals surface area contributed by atoms with Crippen molar-refractivity contribution < 1.29 is 18.3 Å². The molecule has 0 radical (unpaired) electrons. The van der Waals surface area contributed by atoms with E-state index < -0.39 is 28.8 Å². The molecule has 1 aliphatic rings. The van der Waals surface area contributed by atoms with E-state index in [1.54, 1.807) is 6.07 Å². The number of pyridine rings is 1. The smallest absolute Gasteiger partial charge is 0.188 e. The minimum atomic E-state index is -1.36. The zero-order valence-corrected chi connectivity index (χ0v) is 10.3. The summed E-state index contributed by atoms with van der Waals surface area (Å²) in [6, 6.07) is 3.64. The maximum absolute atomic E-state index is 13.8. The van der Waals surface area contributed by atoms with E-state index in [2.05, 4.69) is 4.98 Å². The Labute approximate surface area is 112 Å². The van der Waals surface area contributed by atoms with Gasteiger partial charge in [-0.3, -0.25) is 4.98 Å². The van der Waals surface area contributed by atoms with Crippen LogP contribution in [0, 0.1) is 17.5 Å². The van der Waals surface area contributed by atoms with Crippen molar-refractivity contribution in [3.63, 3.8) is 0 Å². The fraction of sp³-hybridized carbons (Fsp3) is 0.214. The molecule has 2 atom stereocenters. The van der Waals surface area contributed by atoms with Crippen molar-refractivity contribution in [1.29, 1.82) is 0 Å². The number of nitrogens with two attached hydrogens (primary N) is 1. The maximum atomic E-state index is 13.8. The van der Waals surface area contributed by atoms with Crippen LogP contribution in [0.5, 0.6) is 5.75 Å². The van der Waals surface area contributed by atoms with Gasteiger partial charge in [0.2, 0.25) is 0 Å². The van der Waals surface area contributed by atoms with Gasteiger partial charge in [-0.25, -0.2) is 13.2 Å². The Morgan fingerprint density at radius 1 is 1.20 bits per heavy atom. The van der Waals surface area contributed by atoms with Gasteiger partial charge >= 0.3 is 0 Å². The minimum absolute atomic E-state index is 0.00623. The summed E-state index contributed by atoms with van der Waals surface area (Å²) in [4.78, 5) is 3.97. The van der Waals surface area contributed by atoms with Crippen LogP contribution in [0.3, 0.4) is 0 Å². The summed E-state index contributed by atoms with van der Waals surface area (Å²) in [6.07, 6.45) is 2.35. The van der Waals surface area contributed by atoms with E-state index in [9.17, 15) is 18.3 Å². The normalized spacial score (nSPS) is 21.0. The summed E-state index contributed by atoms with van der Waals surface area (Å²) < 4.78 is 40.4. The number of hydrogen-bond donors (Lipinski definition) is 2. The zero-order chi connectivity index (χ0) is 14.4. The second-order valence-electron chi connectivity index (χ2n) is 4.86. The third kappa shape index (κ3) is 2.02. The van der Waals surface area contributed by atoms with Gasteiger partial charge in [0.05, 0.1) is 11.3 Å². The second-order valence-corrected chi connectivity index (χ2v) is 4.86. The lowest BCUT2D eigenvalue weighted by Gasteiger charge is -2.07. The van der Waals surface area contributed by atoms with Crippen molar-refractivity contribution in [3.8, 4) is 17.0 Å². The first-order valence-corrected chi connectivity index (χ1v) is 6.07. The van der Waals surface area contributed by atoms with Gasteiger partial charge in [0.25, 0.3) is 0 Å². The SMILES string of the molecule is NC1CC1c1ccc(-c2c(F)cc(F)c(O)c2F)nc1. The highest BCUT2D eigenvalue weighted by Crippen LogP contribution is 2.39. The molecule has 1 aromatic heterocycles. The molecule has 3 N–H and O–H groups in total. The lowest BCUT2D eigenvalue weighted by atomic mass is 10.1. The Hall–Kier alpha value is -2.08. The summed E-state index contributed by atoms with van der Waals surface area (Å²) in [6.45, 7) is 0. The molecule has 3 rings (SSSR count). The fourth-order valence-electron chi connectivity index (χ4n) is 2.19. The van der Waals surface area contributed by atoms with Crippen molar-refractivity contribution in [2.75, 3.05) is 0 Å². The van der Waals surface area contributed by atoms with Crippen LogP contribution >= 0.6 is 0 Å². The lowest BCUT2D eigenvalue weighted by molar-refractivity contribution is 0.392. The van der Waals surface area contributed by atoms with Crippen LogP contribution in [0.2, 0.25) is 0 Å². The van der Waals surface area contributed by atoms with Crippen LogP contribution in [0.25, 0.3) is 11.3 Å². The molecular formula is C14H11F3N2O. The van der Waals surface area contributed by atoms with Crippen LogP contribution in [0.4, 0.5) is 13.2 Å². The molecule has 2 aromatic rings. The third-order valence-corrected chi connectivity index (χ3v) is 3.46. The third-order valence-electron chi connectivity index (χ3n) is 3.46.